The van der Waals surface area contributed by atoms with E-state index in [0.29, 0.717) is 22.3 Å². The molecule has 0 bridgehead atoms. The summed E-state index contributed by atoms with van der Waals surface area (Å²) in [4.78, 5) is 29.4. The monoisotopic (exact) mass is 655 g/mol. The van der Waals surface area contributed by atoms with E-state index in [1.807, 2.05) is 38.1 Å². The van der Waals surface area contributed by atoms with Crippen LogP contribution in [-0.2, 0) is 26.2 Å². The molecule has 224 valence electrons. The number of rotatable bonds is 12. The van der Waals surface area contributed by atoms with Crippen LogP contribution >= 0.6 is 15.9 Å². The molecule has 0 aromatic heterocycles. The molecule has 8 nitrogen and oxygen atoms in total. The number of nitrogens with one attached hydrogen (secondary N) is 1. The number of carbonyl (C=O) groups excluding carboxylic acids is 2. The molecule has 1 atom stereocenters. The molecule has 4 rings (SSSR count). The molecule has 0 radical (unpaired) electrons. The van der Waals surface area contributed by atoms with Gasteiger partial charge in [-0.1, -0.05) is 71.6 Å². The highest BCUT2D eigenvalue weighted by atomic mass is 79.9. The highest BCUT2D eigenvalue weighted by molar-refractivity contribution is 9.10. The van der Waals surface area contributed by atoms with Crippen LogP contribution in [0.2, 0.25) is 0 Å². The van der Waals surface area contributed by atoms with Crippen molar-refractivity contribution < 1.29 is 22.7 Å². The van der Waals surface area contributed by atoms with E-state index in [9.17, 15) is 18.0 Å². The Morgan fingerprint density at radius 1 is 1.02 bits per heavy atom. The van der Waals surface area contributed by atoms with Crippen molar-refractivity contribution in [2.75, 3.05) is 18.0 Å². The summed E-state index contributed by atoms with van der Waals surface area (Å²) in [5, 5.41) is 3.13. The van der Waals surface area contributed by atoms with Crippen LogP contribution in [0.4, 0.5) is 5.69 Å². The summed E-state index contributed by atoms with van der Waals surface area (Å²) in [7, 11) is -2.56. The first-order valence-electron chi connectivity index (χ1n) is 14.2. The molecule has 1 aliphatic rings. The van der Waals surface area contributed by atoms with Crippen LogP contribution in [0.3, 0.4) is 0 Å². The SMILES string of the molecule is CCC(C(=O)NC1CCCC1)N(Cc1cccc(OC)c1)C(=O)CN(c1cccc(Br)c1)S(=O)(=O)c1ccc(C)cc1. The Morgan fingerprint density at radius 3 is 2.36 bits per heavy atom. The van der Waals surface area contributed by atoms with Crippen molar-refractivity contribution in [1.29, 1.82) is 0 Å². The average Bonchev–Trinajstić information content (AvgIpc) is 3.49. The Morgan fingerprint density at radius 2 is 1.71 bits per heavy atom. The second kappa shape index (κ2) is 14.2. The lowest BCUT2D eigenvalue weighted by Gasteiger charge is -2.34. The van der Waals surface area contributed by atoms with E-state index in [-0.39, 0.29) is 23.4 Å². The van der Waals surface area contributed by atoms with Gasteiger partial charge in [-0.3, -0.25) is 13.9 Å². The number of carbonyl (C=O) groups is 2. The standard InChI is InChI=1S/C32H38BrN3O5S/c1-4-30(32(38)34-26-11-5-6-12-26)35(21-24-9-7-14-28(19-24)41-3)31(37)22-36(27-13-8-10-25(33)20-27)42(39,40)29-17-15-23(2)16-18-29/h7-10,13-20,26,30H,4-6,11-12,21-22H2,1-3H3,(H,34,38). The largest absolute Gasteiger partial charge is 0.497 e. The van der Waals surface area contributed by atoms with Crippen LogP contribution in [0.15, 0.2) is 82.2 Å². The third-order valence-electron chi connectivity index (χ3n) is 7.56. The number of aryl methyl sites for hydroxylation is 1. The highest BCUT2D eigenvalue weighted by Gasteiger charge is 2.34. The first kappa shape index (κ1) is 31.6. The molecule has 0 spiro atoms. The van der Waals surface area contributed by atoms with Gasteiger partial charge in [0.2, 0.25) is 11.8 Å². The summed E-state index contributed by atoms with van der Waals surface area (Å²) in [6.07, 6.45) is 4.32. The third-order valence-corrected chi connectivity index (χ3v) is 9.84. The van der Waals surface area contributed by atoms with Crippen LogP contribution in [0.1, 0.15) is 50.2 Å². The fraction of sp³-hybridized carbons (Fsp3) is 0.375. The molecule has 0 aliphatic heterocycles. The summed E-state index contributed by atoms with van der Waals surface area (Å²) >= 11 is 3.43. The number of nitrogens with zero attached hydrogens (tertiary/aromatic N) is 2. The predicted molar refractivity (Wildman–Crippen MR) is 168 cm³/mol. The van der Waals surface area contributed by atoms with E-state index in [4.69, 9.17) is 4.74 Å². The van der Waals surface area contributed by atoms with E-state index in [1.165, 1.54) is 17.0 Å². The normalized spacial score (nSPS) is 14.3. The van der Waals surface area contributed by atoms with Gasteiger partial charge in [-0.05, 0) is 74.2 Å². The first-order chi connectivity index (χ1) is 20.1. The van der Waals surface area contributed by atoms with Crippen molar-refractivity contribution in [3.05, 3.63) is 88.4 Å². The summed E-state index contributed by atoms with van der Waals surface area (Å²) in [5.74, 6) is -0.0842. The number of amides is 2. The predicted octanol–water partition coefficient (Wildman–Crippen LogP) is 5.83. The number of benzene rings is 3. The molecule has 2 amide bonds. The Balaban J connectivity index is 1.72. The fourth-order valence-electron chi connectivity index (χ4n) is 5.25. The zero-order chi connectivity index (χ0) is 30.3. The smallest absolute Gasteiger partial charge is 0.264 e. The second-order valence-corrected chi connectivity index (χ2v) is 13.4. The molecule has 1 N–H and O–H groups in total. The molecule has 3 aromatic carbocycles. The van der Waals surface area contributed by atoms with Crippen LogP contribution in [-0.4, -0.2) is 50.9 Å². The molecule has 0 saturated heterocycles. The lowest BCUT2D eigenvalue weighted by molar-refractivity contribution is -0.140. The maximum Gasteiger partial charge on any atom is 0.264 e. The van der Waals surface area contributed by atoms with Crippen molar-refractivity contribution in [2.45, 2.75) is 69.5 Å². The maximum absolute atomic E-state index is 14.2. The molecule has 1 aliphatic carbocycles. The Kier molecular flexibility index (Phi) is 10.7. The van der Waals surface area contributed by atoms with Crippen LogP contribution in [0.25, 0.3) is 0 Å². The van der Waals surface area contributed by atoms with Gasteiger partial charge in [-0.2, -0.15) is 0 Å². The van der Waals surface area contributed by atoms with Gasteiger partial charge in [0.05, 0.1) is 17.7 Å². The van der Waals surface area contributed by atoms with Crippen molar-refractivity contribution in [2.24, 2.45) is 0 Å². The van der Waals surface area contributed by atoms with Gasteiger partial charge in [0.25, 0.3) is 10.0 Å². The Hall–Kier alpha value is -3.37. The molecule has 0 heterocycles. The number of ether oxygens (including phenoxy) is 1. The number of methoxy groups -OCH3 is 1. The number of sulfonamides is 1. The fourth-order valence-corrected chi connectivity index (χ4v) is 7.05. The summed E-state index contributed by atoms with van der Waals surface area (Å²) in [5.41, 5.74) is 2.02. The van der Waals surface area contributed by atoms with Gasteiger partial charge < -0.3 is 15.0 Å². The summed E-state index contributed by atoms with van der Waals surface area (Å²) in [6.45, 7) is 3.37. The molecule has 1 fully saturated rings. The van der Waals surface area contributed by atoms with Gasteiger partial charge >= 0.3 is 0 Å². The van der Waals surface area contributed by atoms with E-state index < -0.39 is 28.5 Å². The minimum Gasteiger partial charge on any atom is -0.497 e. The minimum atomic E-state index is -4.13. The summed E-state index contributed by atoms with van der Waals surface area (Å²) < 4.78 is 35.2. The van der Waals surface area contributed by atoms with Crippen LogP contribution in [0, 0.1) is 6.92 Å². The van der Waals surface area contributed by atoms with E-state index >= 15 is 0 Å². The zero-order valence-electron chi connectivity index (χ0n) is 24.3. The van der Waals surface area contributed by atoms with E-state index in [1.54, 1.807) is 43.5 Å². The number of hydrogen-bond acceptors (Lipinski definition) is 5. The van der Waals surface area contributed by atoms with E-state index in [2.05, 4.69) is 21.2 Å². The number of hydrogen-bond donors (Lipinski definition) is 1. The number of halogens is 1. The lowest BCUT2D eigenvalue weighted by atomic mass is 10.1. The first-order valence-corrected chi connectivity index (χ1v) is 16.4. The minimum absolute atomic E-state index is 0.0752. The highest BCUT2D eigenvalue weighted by Crippen LogP contribution is 2.28. The van der Waals surface area contributed by atoms with Crippen LogP contribution in [0.5, 0.6) is 5.75 Å². The van der Waals surface area contributed by atoms with Gasteiger partial charge in [-0.15, -0.1) is 0 Å². The van der Waals surface area contributed by atoms with Crippen molar-refractivity contribution in [1.82, 2.24) is 10.2 Å². The summed E-state index contributed by atoms with van der Waals surface area (Å²) in [6, 6.07) is 20.0. The molecule has 42 heavy (non-hydrogen) atoms. The van der Waals surface area contributed by atoms with E-state index in [0.717, 1.165) is 41.1 Å². The molecular weight excluding hydrogens is 618 g/mol. The van der Waals surface area contributed by atoms with Gasteiger partial charge in [-0.25, -0.2) is 8.42 Å². The topological polar surface area (TPSA) is 96.0 Å². The molecule has 3 aromatic rings. The van der Waals surface area contributed by atoms with Gasteiger partial charge in [0, 0.05) is 17.1 Å². The molecular formula is C32H38BrN3O5S. The Bertz CT molecular complexity index is 1490. The lowest BCUT2D eigenvalue weighted by Crippen LogP contribution is -2.53. The molecule has 1 saturated carbocycles. The number of anilines is 1. The maximum atomic E-state index is 14.2. The van der Waals surface area contributed by atoms with Crippen molar-refractivity contribution in [3.63, 3.8) is 0 Å². The quantitative estimate of drug-likeness (QED) is 0.265. The Labute approximate surface area is 257 Å². The molecule has 1 unspecified atom stereocenters. The van der Waals surface area contributed by atoms with Gasteiger partial charge in [0.1, 0.15) is 18.3 Å². The average molecular weight is 657 g/mol. The third kappa shape index (κ3) is 7.72. The van der Waals surface area contributed by atoms with Crippen molar-refractivity contribution in [3.8, 4) is 5.75 Å². The molecule has 10 heteroatoms. The zero-order valence-corrected chi connectivity index (χ0v) is 26.7. The van der Waals surface area contributed by atoms with Crippen LogP contribution < -0.4 is 14.4 Å². The van der Waals surface area contributed by atoms with Gasteiger partial charge in [0.15, 0.2) is 0 Å². The second-order valence-electron chi connectivity index (χ2n) is 10.6. The van der Waals surface area contributed by atoms with Crippen molar-refractivity contribution >= 4 is 43.5 Å².